The van der Waals surface area contributed by atoms with Crippen molar-refractivity contribution in [2.75, 3.05) is 38.8 Å². The van der Waals surface area contributed by atoms with Crippen LogP contribution in [0.3, 0.4) is 0 Å². The highest BCUT2D eigenvalue weighted by atomic mass is 35.5. The summed E-state index contributed by atoms with van der Waals surface area (Å²) in [6.07, 6.45) is 0.917. The average molecular weight is 716 g/mol. The smallest absolute Gasteiger partial charge is 0.410 e. The molecule has 3 aromatic rings. The standard InChI is InChI=1S/C36H54ClN5O6Si/c1-22-31(30-23(2)41-47-24(30)3)39-33(40-32(22)38-27-13-15-45-16-14-27)25-17-26(37)19-28(18-25)46-21-29(48-49(11,12)36(7,8)9)20-42(34(43)44-10)35(4,5)6/h17-19,27,29H,13-16,20-21H2,1-12H3,(H,38,39,40). The van der Waals surface area contributed by atoms with Crippen molar-refractivity contribution in [3.05, 3.63) is 40.2 Å². The van der Waals surface area contributed by atoms with E-state index in [4.69, 9.17) is 44.7 Å². The van der Waals surface area contributed by atoms with E-state index >= 15 is 0 Å². The Balaban J connectivity index is 1.71. The molecule has 2 aromatic heterocycles. The number of amides is 1. The Hall–Kier alpha value is -3.19. The largest absolute Gasteiger partial charge is 0.491 e. The van der Waals surface area contributed by atoms with E-state index in [1.54, 1.807) is 11.0 Å². The lowest BCUT2D eigenvalue weighted by molar-refractivity contribution is 0.0338. The zero-order valence-electron chi connectivity index (χ0n) is 31.2. The molecule has 1 aliphatic rings. The van der Waals surface area contributed by atoms with E-state index in [0.717, 1.165) is 41.2 Å². The molecule has 49 heavy (non-hydrogen) atoms. The Morgan fingerprint density at radius 3 is 2.33 bits per heavy atom. The molecule has 1 unspecified atom stereocenters. The third kappa shape index (κ3) is 9.53. The van der Waals surface area contributed by atoms with Crippen molar-refractivity contribution >= 4 is 31.8 Å². The summed E-state index contributed by atoms with van der Waals surface area (Å²) in [4.78, 5) is 24.6. The van der Waals surface area contributed by atoms with E-state index < -0.39 is 26.1 Å². The van der Waals surface area contributed by atoms with Crippen LogP contribution in [0.2, 0.25) is 23.2 Å². The molecule has 270 valence electrons. The summed E-state index contributed by atoms with van der Waals surface area (Å²) in [6.45, 7) is 24.5. The average Bonchev–Trinajstić information content (AvgIpc) is 3.35. The quantitative estimate of drug-likeness (QED) is 0.193. The number of aromatic nitrogens is 3. The molecule has 11 nitrogen and oxygen atoms in total. The number of carbonyl (C=O) groups excluding carboxylic acids is 1. The normalized spacial score (nSPS) is 15.2. The van der Waals surface area contributed by atoms with Gasteiger partial charge < -0.3 is 33.4 Å². The highest BCUT2D eigenvalue weighted by Crippen LogP contribution is 2.38. The summed E-state index contributed by atoms with van der Waals surface area (Å²) in [7, 11) is -0.864. The molecule has 4 rings (SSSR count). The molecule has 0 spiro atoms. The molecule has 0 saturated carbocycles. The Morgan fingerprint density at radius 1 is 1.08 bits per heavy atom. The minimum atomic E-state index is -2.26. The molecule has 1 atom stereocenters. The van der Waals surface area contributed by atoms with Gasteiger partial charge in [-0.2, -0.15) is 0 Å². The fourth-order valence-corrected chi connectivity index (χ4v) is 7.06. The molecule has 1 aromatic carbocycles. The second-order valence-corrected chi connectivity index (χ2v) is 20.5. The Bertz CT molecular complexity index is 1590. The monoisotopic (exact) mass is 715 g/mol. The Morgan fingerprint density at radius 2 is 1.76 bits per heavy atom. The topological polar surface area (TPSA) is 121 Å². The first-order chi connectivity index (χ1) is 22.8. The van der Waals surface area contributed by atoms with Gasteiger partial charge >= 0.3 is 6.09 Å². The predicted molar refractivity (Wildman–Crippen MR) is 196 cm³/mol. The summed E-state index contributed by atoms with van der Waals surface area (Å²) in [6, 6.07) is 5.70. The molecule has 1 N–H and O–H groups in total. The first-order valence-corrected chi connectivity index (χ1v) is 20.2. The number of halogens is 1. The number of aryl methyl sites for hydroxylation is 2. The predicted octanol–water partition coefficient (Wildman–Crippen LogP) is 8.60. The summed E-state index contributed by atoms with van der Waals surface area (Å²) in [5.74, 6) is 2.44. The van der Waals surface area contributed by atoms with Crippen molar-refractivity contribution < 1.29 is 28.0 Å². The number of rotatable bonds is 11. The van der Waals surface area contributed by atoms with Crippen LogP contribution in [0.5, 0.6) is 5.75 Å². The minimum absolute atomic E-state index is 0.0512. The molecule has 1 fully saturated rings. The molecule has 1 amide bonds. The SMILES string of the molecule is COC(=O)N(CC(COc1cc(Cl)cc(-c2nc(NC3CCOCC3)c(C)c(-c3c(C)noc3C)n2)c1)O[Si](C)(C)C(C)(C)C)C(C)(C)C. The van der Waals surface area contributed by atoms with Crippen molar-refractivity contribution in [2.24, 2.45) is 0 Å². The molecule has 3 heterocycles. The van der Waals surface area contributed by atoms with E-state index in [0.29, 0.717) is 47.7 Å². The van der Waals surface area contributed by atoms with Gasteiger partial charge in [0.2, 0.25) is 0 Å². The van der Waals surface area contributed by atoms with E-state index in [1.807, 2.05) is 53.7 Å². The van der Waals surface area contributed by atoms with Crippen molar-refractivity contribution in [3.63, 3.8) is 0 Å². The molecule has 1 saturated heterocycles. The number of ether oxygens (including phenoxy) is 3. The summed E-state index contributed by atoms with van der Waals surface area (Å²) in [5, 5.41) is 8.26. The van der Waals surface area contributed by atoms with E-state index in [9.17, 15) is 4.79 Å². The van der Waals surface area contributed by atoms with Gasteiger partial charge in [0.1, 0.15) is 23.9 Å². The lowest BCUT2D eigenvalue weighted by Crippen LogP contribution is -2.54. The molecule has 13 heteroatoms. The summed E-state index contributed by atoms with van der Waals surface area (Å²) < 4.78 is 29.5. The van der Waals surface area contributed by atoms with E-state index in [-0.39, 0.29) is 17.7 Å². The van der Waals surface area contributed by atoms with Gasteiger partial charge in [-0.05, 0) is 90.7 Å². The maximum Gasteiger partial charge on any atom is 0.410 e. The number of nitrogens with zero attached hydrogens (tertiary/aromatic N) is 4. The maximum atomic E-state index is 12.9. The highest BCUT2D eigenvalue weighted by Gasteiger charge is 2.41. The van der Waals surface area contributed by atoms with Crippen molar-refractivity contribution in [3.8, 4) is 28.4 Å². The number of nitrogens with one attached hydrogen (secondary N) is 1. The third-order valence-electron chi connectivity index (χ3n) is 9.40. The molecule has 0 bridgehead atoms. The van der Waals surface area contributed by atoms with Crippen LogP contribution in [0.25, 0.3) is 22.6 Å². The minimum Gasteiger partial charge on any atom is -0.491 e. The van der Waals surface area contributed by atoms with Gasteiger partial charge in [0.05, 0.1) is 36.7 Å². The van der Waals surface area contributed by atoms with Crippen LogP contribution < -0.4 is 10.1 Å². The van der Waals surface area contributed by atoms with Crippen LogP contribution in [-0.4, -0.2) is 85.6 Å². The summed E-state index contributed by atoms with van der Waals surface area (Å²) in [5.41, 5.74) is 3.44. The Labute approximate surface area is 297 Å². The van der Waals surface area contributed by atoms with Crippen molar-refractivity contribution in [2.45, 2.75) is 111 Å². The summed E-state index contributed by atoms with van der Waals surface area (Å²) >= 11 is 6.72. The number of benzene rings is 1. The van der Waals surface area contributed by atoms with E-state index in [2.05, 4.69) is 44.3 Å². The molecular weight excluding hydrogens is 662 g/mol. The number of methoxy groups -OCH3 is 1. The van der Waals surface area contributed by atoms with Crippen LogP contribution >= 0.6 is 11.6 Å². The first kappa shape index (κ1) is 38.6. The Kier molecular flexibility index (Phi) is 12.1. The van der Waals surface area contributed by atoms with Gasteiger partial charge in [0, 0.05) is 40.9 Å². The maximum absolute atomic E-state index is 12.9. The number of hydrogen-bond acceptors (Lipinski definition) is 10. The van der Waals surface area contributed by atoms with Gasteiger partial charge in [0.25, 0.3) is 0 Å². The van der Waals surface area contributed by atoms with Gasteiger partial charge in [-0.25, -0.2) is 14.8 Å². The number of carbonyl (C=O) groups is 1. The fourth-order valence-electron chi connectivity index (χ4n) is 5.50. The third-order valence-corrected chi connectivity index (χ3v) is 14.2. The van der Waals surface area contributed by atoms with Crippen LogP contribution in [-0.2, 0) is 13.9 Å². The zero-order chi connectivity index (χ0) is 36.3. The van der Waals surface area contributed by atoms with Crippen molar-refractivity contribution in [1.82, 2.24) is 20.0 Å². The van der Waals surface area contributed by atoms with Crippen molar-refractivity contribution in [1.29, 1.82) is 0 Å². The highest BCUT2D eigenvalue weighted by molar-refractivity contribution is 6.74. The molecular formula is C36H54ClN5O6Si. The molecule has 0 radical (unpaired) electrons. The number of anilines is 1. The molecule has 0 aliphatic carbocycles. The van der Waals surface area contributed by atoms with Crippen LogP contribution in [0.4, 0.5) is 10.6 Å². The van der Waals surface area contributed by atoms with Crippen LogP contribution in [0.15, 0.2) is 22.7 Å². The fraction of sp³-hybridized carbons (Fsp3) is 0.611. The first-order valence-electron chi connectivity index (χ1n) is 16.9. The second-order valence-electron chi connectivity index (χ2n) is 15.3. The van der Waals surface area contributed by atoms with Crippen LogP contribution in [0.1, 0.15) is 71.4 Å². The van der Waals surface area contributed by atoms with Gasteiger partial charge in [-0.3, -0.25) is 0 Å². The zero-order valence-corrected chi connectivity index (χ0v) is 33.0. The van der Waals surface area contributed by atoms with Gasteiger partial charge in [-0.1, -0.05) is 37.5 Å². The van der Waals surface area contributed by atoms with Gasteiger partial charge in [0.15, 0.2) is 14.1 Å². The lowest BCUT2D eigenvalue weighted by Gasteiger charge is -2.42. The second kappa shape index (κ2) is 15.4. The van der Waals surface area contributed by atoms with E-state index in [1.165, 1.54) is 7.11 Å². The van der Waals surface area contributed by atoms with Crippen LogP contribution in [0, 0.1) is 20.8 Å². The lowest BCUT2D eigenvalue weighted by atomic mass is 10.0. The van der Waals surface area contributed by atoms with Gasteiger partial charge in [-0.15, -0.1) is 0 Å². The number of hydrogen-bond donors (Lipinski definition) is 1. The molecule has 1 aliphatic heterocycles.